The van der Waals surface area contributed by atoms with Gasteiger partial charge in [-0.15, -0.1) is 0 Å². The van der Waals surface area contributed by atoms with Crippen LogP contribution in [0.1, 0.15) is 50.4 Å². The summed E-state index contributed by atoms with van der Waals surface area (Å²) in [6.07, 6.45) is 6.72. The van der Waals surface area contributed by atoms with Crippen molar-refractivity contribution >= 4 is 0 Å². The van der Waals surface area contributed by atoms with Crippen LogP contribution < -0.4 is 5.32 Å². The molecule has 2 heterocycles. The number of rotatable bonds is 6. The first kappa shape index (κ1) is 14.5. The van der Waals surface area contributed by atoms with Gasteiger partial charge in [0, 0.05) is 19.1 Å². The fourth-order valence-electron chi connectivity index (χ4n) is 3.03. The van der Waals surface area contributed by atoms with Crippen molar-refractivity contribution in [1.82, 2.24) is 15.2 Å². The molecular weight excluding hydrogens is 234 g/mol. The van der Waals surface area contributed by atoms with Crippen molar-refractivity contribution in [3.05, 3.63) is 29.6 Å². The number of likely N-dealkylation sites (tertiary alicyclic amines) is 1. The zero-order chi connectivity index (χ0) is 13.5. The van der Waals surface area contributed by atoms with Gasteiger partial charge in [0.05, 0.1) is 11.4 Å². The predicted octanol–water partition coefficient (Wildman–Crippen LogP) is 2.96. The molecule has 0 amide bonds. The molecule has 1 aromatic heterocycles. The minimum Gasteiger partial charge on any atom is -0.314 e. The van der Waals surface area contributed by atoms with Crippen LogP contribution in [0.2, 0.25) is 0 Å². The summed E-state index contributed by atoms with van der Waals surface area (Å²) in [4.78, 5) is 7.38. The SMILES string of the molecule is CCCC1CCCCN1Cc1cccc(CNC)n1. The lowest BCUT2D eigenvalue weighted by Gasteiger charge is -2.35. The van der Waals surface area contributed by atoms with Gasteiger partial charge >= 0.3 is 0 Å². The Labute approximate surface area is 117 Å². The van der Waals surface area contributed by atoms with Crippen LogP contribution in [0, 0.1) is 0 Å². The summed E-state index contributed by atoms with van der Waals surface area (Å²) in [5.74, 6) is 0. The van der Waals surface area contributed by atoms with Gasteiger partial charge in [-0.2, -0.15) is 0 Å². The van der Waals surface area contributed by atoms with Crippen molar-refractivity contribution in [2.24, 2.45) is 0 Å². The topological polar surface area (TPSA) is 28.2 Å². The molecule has 0 saturated carbocycles. The molecule has 1 aliphatic heterocycles. The van der Waals surface area contributed by atoms with Crippen LogP contribution in [0.5, 0.6) is 0 Å². The lowest BCUT2D eigenvalue weighted by molar-refractivity contribution is 0.130. The number of nitrogens with one attached hydrogen (secondary N) is 1. The first-order valence-corrected chi connectivity index (χ1v) is 7.67. The maximum Gasteiger partial charge on any atom is 0.0547 e. The van der Waals surface area contributed by atoms with Gasteiger partial charge in [-0.3, -0.25) is 9.88 Å². The van der Waals surface area contributed by atoms with E-state index in [2.05, 4.69) is 35.3 Å². The van der Waals surface area contributed by atoms with Gasteiger partial charge in [-0.05, 0) is 45.0 Å². The molecule has 106 valence electrons. The van der Waals surface area contributed by atoms with E-state index in [1.165, 1.54) is 44.3 Å². The maximum atomic E-state index is 4.75. The van der Waals surface area contributed by atoms with Gasteiger partial charge in [0.2, 0.25) is 0 Å². The standard InChI is InChI=1S/C16H27N3/c1-3-7-16-10-4-5-11-19(16)13-15-9-6-8-14(18-15)12-17-2/h6,8-9,16-17H,3-5,7,10-13H2,1-2H3. The third-order valence-electron chi connectivity index (χ3n) is 3.96. The van der Waals surface area contributed by atoms with Crippen molar-refractivity contribution in [3.63, 3.8) is 0 Å². The monoisotopic (exact) mass is 261 g/mol. The molecule has 0 bridgehead atoms. The Morgan fingerprint density at radius 1 is 1.32 bits per heavy atom. The van der Waals surface area contributed by atoms with E-state index in [4.69, 9.17) is 4.98 Å². The first-order chi connectivity index (χ1) is 9.33. The molecule has 1 aliphatic rings. The van der Waals surface area contributed by atoms with E-state index in [1.807, 2.05) is 7.05 Å². The van der Waals surface area contributed by atoms with Crippen LogP contribution in [0.25, 0.3) is 0 Å². The van der Waals surface area contributed by atoms with Gasteiger partial charge in [0.1, 0.15) is 0 Å². The zero-order valence-corrected chi connectivity index (χ0v) is 12.4. The van der Waals surface area contributed by atoms with Gasteiger partial charge < -0.3 is 5.32 Å². The zero-order valence-electron chi connectivity index (χ0n) is 12.4. The van der Waals surface area contributed by atoms with Crippen molar-refractivity contribution in [1.29, 1.82) is 0 Å². The summed E-state index contributed by atoms with van der Waals surface area (Å²) in [5, 5.41) is 3.17. The molecule has 1 saturated heterocycles. The van der Waals surface area contributed by atoms with Gasteiger partial charge in [0.25, 0.3) is 0 Å². The smallest absolute Gasteiger partial charge is 0.0547 e. The summed E-state index contributed by atoms with van der Waals surface area (Å²) in [7, 11) is 1.97. The molecule has 0 radical (unpaired) electrons. The summed E-state index contributed by atoms with van der Waals surface area (Å²) in [6, 6.07) is 7.16. The molecule has 3 heteroatoms. The predicted molar refractivity (Wildman–Crippen MR) is 80.0 cm³/mol. The molecule has 0 aromatic carbocycles. The van der Waals surface area contributed by atoms with E-state index in [9.17, 15) is 0 Å². The molecule has 0 aliphatic carbocycles. The Morgan fingerprint density at radius 2 is 2.16 bits per heavy atom. The van der Waals surface area contributed by atoms with Crippen molar-refractivity contribution in [2.75, 3.05) is 13.6 Å². The maximum absolute atomic E-state index is 4.75. The highest BCUT2D eigenvalue weighted by molar-refractivity contribution is 5.11. The summed E-state index contributed by atoms with van der Waals surface area (Å²) in [5.41, 5.74) is 2.36. The lowest BCUT2D eigenvalue weighted by Crippen LogP contribution is -2.39. The second-order valence-electron chi connectivity index (χ2n) is 5.56. The normalized spacial score (nSPS) is 20.6. The van der Waals surface area contributed by atoms with Crippen molar-refractivity contribution < 1.29 is 0 Å². The highest BCUT2D eigenvalue weighted by atomic mass is 15.2. The van der Waals surface area contributed by atoms with E-state index in [0.29, 0.717) is 0 Å². The van der Waals surface area contributed by atoms with Gasteiger partial charge in [-0.1, -0.05) is 25.8 Å². The molecule has 19 heavy (non-hydrogen) atoms. The number of hydrogen-bond acceptors (Lipinski definition) is 3. The average molecular weight is 261 g/mol. The highest BCUT2D eigenvalue weighted by Gasteiger charge is 2.21. The van der Waals surface area contributed by atoms with E-state index >= 15 is 0 Å². The van der Waals surface area contributed by atoms with E-state index in [1.54, 1.807) is 0 Å². The highest BCUT2D eigenvalue weighted by Crippen LogP contribution is 2.22. The summed E-state index contributed by atoms with van der Waals surface area (Å²) < 4.78 is 0. The Morgan fingerprint density at radius 3 is 2.95 bits per heavy atom. The van der Waals surface area contributed by atoms with Crippen LogP contribution in [0.15, 0.2) is 18.2 Å². The van der Waals surface area contributed by atoms with Crippen LogP contribution in [-0.4, -0.2) is 29.5 Å². The lowest BCUT2D eigenvalue weighted by atomic mass is 9.98. The van der Waals surface area contributed by atoms with Crippen molar-refractivity contribution in [3.8, 4) is 0 Å². The molecular formula is C16H27N3. The molecule has 1 aromatic rings. The van der Waals surface area contributed by atoms with Crippen LogP contribution in [0.4, 0.5) is 0 Å². The van der Waals surface area contributed by atoms with Crippen LogP contribution in [-0.2, 0) is 13.1 Å². The number of hydrogen-bond donors (Lipinski definition) is 1. The summed E-state index contributed by atoms with van der Waals surface area (Å²) in [6.45, 7) is 5.40. The fraction of sp³-hybridized carbons (Fsp3) is 0.688. The number of pyridine rings is 1. The van der Waals surface area contributed by atoms with Crippen molar-refractivity contribution in [2.45, 2.75) is 58.2 Å². The number of nitrogens with zero attached hydrogens (tertiary/aromatic N) is 2. The summed E-state index contributed by atoms with van der Waals surface area (Å²) >= 11 is 0. The largest absolute Gasteiger partial charge is 0.314 e. The quantitative estimate of drug-likeness (QED) is 0.853. The Bertz CT molecular complexity index is 376. The molecule has 2 rings (SSSR count). The van der Waals surface area contributed by atoms with Crippen LogP contribution >= 0.6 is 0 Å². The number of aromatic nitrogens is 1. The molecule has 1 unspecified atom stereocenters. The number of piperidine rings is 1. The molecule has 0 spiro atoms. The van der Waals surface area contributed by atoms with E-state index in [0.717, 1.165) is 24.8 Å². The van der Waals surface area contributed by atoms with Gasteiger partial charge in [0.15, 0.2) is 0 Å². The van der Waals surface area contributed by atoms with E-state index < -0.39 is 0 Å². The molecule has 1 atom stereocenters. The second kappa shape index (κ2) is 7.61. The molecule has 3 nitrogen and oxygen atoms in total. The Kier molecular flexibility index (Phi) is 5.80. The fourth-order valence-corrected chi connectivity index (χ4v) is 3.03. The third kappa shape index (κ3) is 4.29. The minimum absolute atomic E-state index is 0.772. The second-order valence-corrected chi connectivity index (χ2v) is 5.56. The minimum atomic E-state index is 0.772. The Balaban J connectivity index is 1.99. The Hall–Kier alpha value is -0.930. The third-order valence-corrected chi connectivity index (χ3v) is 3.96. The van der Waals surface area contributed by atoms with Crippen LogP contribution in [0.3, 0.4) is 0 Å². The van der Waals surface area contributed by atoms with Gasteiger partial charge in [-0.25, -0.2) is 0 Å². The average Bonchev–Trinajstić information content (AvgIpc) is 2.42. The molecule has 1 N–H and O–H groups in total. The molecule has 1 fully saturated rings. The van der Waals surface area contributed by atoms with E-state index in [-0.39, 0.29) is 0 Å². The first-order valence-electron chi connectivity index (χ1n) is 7.67.